The maximum absolute atomic E-state index is 5.57. The first-order valence-electron chi connectivity index (χ1n) is 7.95. The first-order valence-corrected chi connectivity index (χ1v) is 8.83. The van der Waals surface area contributed by atoms with Gasteiger partial charge in [0.15, 0.2) is 5.96 Å². The van der Waals surface area contributed by atoms with Crippen LogP contribution in [0.4, 0.5) is 0 Å². The molecule has 0 spiro atoms. The Morgan fingerprint density at radius 1 is 1.17 bits per heavy atom. The minimum atomic E-state index is -0.0241. The molecule has 132 valence electrons. The predicted molar refractivity (Wildman–Crippen MR) is 114 cm³/mol. The largest absolute Gasteiger partial charge is 0.375 e. The monoisotopic (exact) mass is 459 g/mol. The van der Waals surface area contributed by atoms with Gasteiger partial charge in [-0.05, 0) is 30.4 Å². The summed E-state index contributed by atoms with van der Waals surface area (Å²) in [6.07, 6.45) is 0.984. The third-order valence-electron chi connectivity index (χ3n) is 3.46. The quantitative estimate of drug-likeness (QED) is 0.358. The maximum Gasteiger partial charge on any atom is 0.191 e. The number of rotatable bonds is 8. The second kappa shape index (κ2) is 12.3. The standard InChI is InChI=1S/C18H25N3OS.HI/c1-3-19-18(20-12-11-16-10-7-13-23-16)21-14-17(22-2)15-8-5-4-6-9-15;/h4-10,13,17H,3,11-12,14H2,1-2H3,(H2,19,20,21);1H. The Bertz CT molecular complexity index is 575. The molecule has 2 N–H and O–H groups in total. The molecule has 1 heterocycles. The lowest BCUT2D eigenvalue weighted by Crippen LogP contribution is -2.38. The van der Waals surface area contributed by atoms with Crippen LogP contribution in [0.2, 0.25) is 0 Å². The molecule has 0 aliphatic rings. The van der Waals surface area contributed by atoms with Gasteiger partial charge in [0.1, 0.15) is 6.10 Å². The Hall–Kier alpha value is -1.12. The molecule has 0 saturated carbocycles. The van der Waals surface area contributed by atoms with E-state index in [0.29, 0.717) is 6.54 Å². The highest BCUT2D eigenvalue weighted by Crippen LogP contribution is 2.16. The Balaban J connectivity index is 0.00000288. The van der Waals surface area contributed by atoms with Gasteiger partial charge in [0.2, 0.25) is 0 Å². The minimum absolute atomic E-state index is 0. The zero-order valence-corrected chi connectivity index (χ0v) is 17.3. The number of nitrogens with one attached hydrogen (secondary N) is 2. The Labute approximate surface area is 165 Å². The molecule has 0 bridgehead atoms. The predicted octanol–water partition coefficient (Wildman–Crippen LogP) is 3.85. The Morgan fingerprint density at radius 2 is 1.96 bits per heavy atom. The third-order valence-corrected chi connectivity index (χ3v) is 4.40. The molecule has 0 amide bonds. The summed E-state index contributed by atoms with van der Waals surface area (Å²) in [4.78, 5) is 6.03. The van der Waals surface area contributed by atoms with Crippen molar-refractivity contribution >= 4 is 41.3 Å². The van der Waals surface area contributed by atoms with Crippen molar-refractivity contribution in [2.45, 2.75) is 19.4 Å². The van der Waals surface area contributed by atoms with Crippen molar-refractivity contribution < 1.29 is 4.74 Å². The van der Waals surface area contributed by atoms with Crippen LogP contribution in [0.5, 0.6) is 0 Å². The number of hydrogen-bond donors (Lipinski definition) is 2. The van der Waals surface area contributed by atoms with Crippen LogP contribution in [0.25, 0.3) is 0 Å². The number of hydrogen-bond acceptors (Lipinski definition) is 3. The van der Waals surface area contributed by atoms with Crippen molar-refractivity contribution in [3.05, 3.63) is 58.3 Å². The highest BCUT2D eigenvalue weighted by atomic mass is 127. The molecule has 1 aromatic heterocycles. The molecular formula is C18H26IN3OS. The summed E-state index contributed by atoms with van der Waals surface area (Å²) in [7, 11) is 1.73. The van der Waals surface area contributed by atoms with E-state index in [0.717, 1.165) is 31.0 Å². The number of ether oxygens (including phenoxy) is 1. The molecule has 0 aliphatic carbocycles. The first-order chi connectivity index (χ1) is 11.3. The molecule has 24 heavy (non-hydrogen) atoms. The summed E-state index contributed by atoms with van der Waals surface area (Å²) in [6.45, 7) is 4.37. The maximum atomic E-state index is 5.57. The zero-order valence-electron chi connectivity index (χ0n) is 14.2. The van der Waals surface area contributed by atoms with Crippen LogP contribution >= 0.6 is 35.3 Å². The van der Waals surface area contributed by atoms with E-state index in [-0.39, 0.29) is 30.1 Å². The van der Waals surface area contributed by atoms with E-state index in [1.165, 1.54) is 4.88 Å². The van der Waals surface area contributed by atoms with E-state index < -0.39 is 0 Å². The van der Waals surface area contributed by atoms with Gasteiger partial charge in [0, 0.05) is 25.1 Å². The highest BCUT2D eigenvalue weighted by molar-refractivity contribution is 14.0. The average molecular weight is 459 g/mol. The fourth-order valence-corrected chi connectivity index (χ4v) is 2.97. The van der Waals surface area contributed by atoms with E-state index >= 15 is 0 Å². The van der Waals surface area contributed by atoms with Crippen molar-refractivity contribution in [2.75, 3.05) is 26.7 Å². The SMILES string of the molecule is CCNC(=NCC(OC)c1ccccc1)NCCc1cccs1.I. The van der Waals surface area contributed by atoms with Crippen molar-refractivity contribution in [3.8, 4) is 0 Å². The van der Waals surface area contributed by atoms with Crippen LogP contribution in [0, 0.1) is 0 Å². The molecular weight excluding hydrogens is 433 g/mol. The number of guanidine groups is 1. The van der Waals surface area contributed by atoms with Gasteiger partial charge in [-0.1, -0.05) is 36.4 Å². The van der Waals surface area contributed by atoms with Crippen LogP contribution < -0.4 is 10.6 Å². The molecule has 0 fully saturated rings. The van der Waals surface area contributed by atoms with Crippen LogP contribution in [0.15, 0.2) is 52.8 Å². The van der Waals surface area contributed by atoms with Gasteiger partial charge < -0.3 is 15.4 Å². The fourth-order valence-electron chi connectivity index (χ4n) is 2.26. The molecule has 6 heteroatoms. The summed E-state index contributed by atoms with van der Waals surface area (Å²) >= 11 is 1.79. The van der Waals surface area contributed by atoms with Gasteiger partial charge >= 0.3 is 0 Å². The summed E-state index contributed by atoms with van der Waals surface area (Å²) in [5.74, 6) is 0.835. The van der Waals surface area contributed by atoms with E-state index in [4.69, 9.17) is 4.74 Å². The number of methoxy groups -OCH3 is 1. The molecule has 2 aromatic rings. The zero-order chi connectivity index (χ0) is 16.3. The van der Waals surface area contributed by atoms with Crippen molar-refractivity contribution in [2.24, 2.45) is 4.99 Å². The van der Waals surface area contributed by atoms with Gasteiger partial charge in [-0.25, -0.2) is 0 Å². The second-order valence-corrected chi connectivity index (χ2v) is 6.14. The Kier molecular flexibility index (Phi) is 10.7. The van der Waals surface area contributed by atoms with Gasteiger partial charge in [-0.15, -0.1) is 35.3 Å². The lowest BCUT2D eigenvalue weighted by atomic mass is 10.1. The summed E-state index contributed by atoms with van der Waals surface area (Å²) < 4.78 is 5.57. The van der Waals surface area contributed by atoms with Crippen LogP contribution in [-0.4, -0.2) is 32.7 Å². The van der Waals surface area contributed by atoms with Crippen molar-refractivity contribution in [1.29, 1.82) is 0 Å². The molecule has 0 saturated heterocycles. The van der Waals surface area contributed by atoms with E-state index in [9.17, 15) is 0 Å². The molecule has 1 unspecified atom stereocenters. The van der Waals surface area contributed by atoms with Crippen LogP contribution in [-0.2, 0) is 11.2 Å². The minimum Gasteiger partial charge on any atom is -0.375 e. The third kappa shape index (κ3) is 7.19. The molecule has 0 radical (unpaired) electrons. The highest BCUT2D eigenvalue weighted by Gasteiger charge is 2.09. The lowest BCUT2D eigenvalue weighted by molar-refractivity contribution is 0.111. The number of halogens is 1. The molecule has 4 nitrogen and oxygen atoms in total. The van der Waals surface area contributed by atoms with Gasteiger partial charge in [-0.3, -0.25) is 4.99 Å². The first kappa shape index (κ1) is 20.9. The van der Waals surface area contributed by atoms with Gasteiger partial charge in [0.25, 0.3) is 0 Å². The van der Waals surface area contributed by atoms with Crippen LogP contribution in [0.1, 0.15) is 23.5 Å². The molecule has 2 rings (SSSR count). The average Bonchev–Trinajstić information content (AvgIpc) is 3.10. The van der Waals surface area contributed by atoms with E-state index in [1.807, 2.05) is 18.2 Å². The lowest BCUT2D eigenvalue weighted by Gasteiger charge is -2.15. The van der Waals surface area contributed by atoms with Crippen molar-refractivity contribution in [1.82, 2.24) is 10.6 Å². The number of aliphatic imine (C=N–C) groups is 1. The smallest absolute Gasteiger partial charge is 0.191 e. The number of thiophene rings is 1. The summed E-state index contributed by atoms with van der Waals surface area (Å²) in [5.41, 5.74) is 1.15. The summed E-state index contributed by atoms with van der Waals surface area (Å²) in [6, 6.07) is 14.4. The van der Waals surface area contributed by atoms with Crippen molar-refractivity contribution in [3.63, 3.8) is 0 Å². The fraction of sp³-hybridized carbons (Fsp3) is 0.389. The normalized spacial score (nSPS) is 12.3. The molecule has 0 aliphatic heterocycles. The molecule has 1 aromatic carbocycles. The van der Waals surface area contributed by atoms with E-state index in [2.05, 4.69) is 52.2 Å². The second-order valence-electron chi connectivity index (χ2n) is 5.11. The summed E-state index contributed by atoms with van der Waals surface area (Å²) in [5, 5.41) is 8.77. The Morgan fingerprint density at radius 3 is 2.58 bits per heavy atom. The van der Waals surface area contributed by atoms with Crippen LogP contribution in [0.3, 0.4) is 0 Å². The number of benzene rings is 1. The van der Waals surface area contributed by atoms with Gasteiger partial charge in [0.05, 0.1) is 6.54 Å². The molecule has 1 atom stereocenters. The van der Waals surface area contributed by atoms with Gasteiger partial charge in [-0.2, -0.15) is 0 Å². The topological polar surface area (TPSA) is 45.7 Å². The number of nitrogens with zero attached hydrogens (tertiary/aromatic N) is 1. The van der Waals surface area contributed by atoms with E-state index in [1.54, 1.807) is 18.4 Å².